The predicted molar refractivity (Wildman–Crippen MR) is 29.1 cm³/mol. The molecule has 0 aromatic heterocycles. The highest BCUT2D eigenvalue weighted by molar-refractivity contribution is 4.89. The van der Waals surface area contributed by atoms with Gasteiger partial charge in [0.05, 0.1) is 0 Å². The third-order valence-corrected chi connectivity index (χ3v) is 0.554. The molecule has 0 atom stereocenters. The van der Waals surface area contributed by atoms with Crippen molar-refractivity contribution in [2.24, 2.45) is 0 Å². The van der Waals surface area contributed by atoms with Crippen molar-refractivity contribution in [3.8, 4) is 0 Å². The minimum Gasteiger partial charge on any atom is -0.344 e. The van der Waals surface area contributed by atoms with Gasteiger partial charge in [-0.3, -0.25) is 0 Å². The number of hydrogen-bond donors (Lipinski definition) is 1. The van der Waals surface area contributed by atoms with E-state index >= 15 is 0 Å². The number of hydrogen-bond acceptors (Lipinski definition) is 1. The molecule has 0 fully saturated rings. The van der Waals surface area contributed by atoms with Crippen LogP contribution in [0.2, 0.25) is 0 Å². The first kappa shape index (κ1) is 6.00. The van der Waals surface area contributed by atoms with Crippen molar-refractivity contribution in [3.05, 3.63) is 36.4 Å². The zero-order valence-electron chi connectivity index (χ0n) is 4.02. The minimum atomic E-state index is 0. The molecule has 3 N–H and O–H groups in total. The van der Waals surface area contributed by atoms with Gasteiger partial charge in [-0.15, -0.1) is 0 Å². The van der Waals surface area contributed by atoms with E-state index in [1.807, 2.05) is 24.3 Å². The van der Waals surface area contributed by atoms with Crippen molar-refractivity contribution in [1.82, 2.24) is 6.15 Å². The number of rotatable bonds is 0. The molecule has 1 aromatic carbocycles. The molecule has 1 rings (SSSR count). The molecule has 0 spiro atoms. The Bertz CT molecular complexity index is 76.1. The van der Waals surface area contributed by atoms with Crippen LogP contribution < -0.4 is 6.15 Å². The molecule has 7 heavy (non-hydrogen) atoms. The second-order valence-electron chi connectivity index (χ2n) is 1.01. The second-order valence-corrected chi connectivity index (χ2v) is 1.01. The molecule has 0 bridgehead atoms. The first-order valence-electron chi connectivity index (χ1n) is 1.83. The summed E-state index contributed by atoms with van der Waals surface area (Å²) in [5.74, 6) is 0. The fourth-order valence-electron chi connectivity index (χ4n) is 0.304. The molecule has 36 valence electrons. The Labute approximate surface area is 43.6 Å². The Morgan fingerprint density at radius 1 is 0.857 bits per heavy atom. The maximum absolute atomic E-state index is 2.77. The summed E-state index contributed by atoms with van der Waals surface area (Å²) in [5, 5.41) is 0. The summed E-state index contributed by atoms with van der Waals surface area (Å²) in [7, 11) is 0. The van der Waals surface area contributed by atoms with Crippen LogP contribution in [0.4, 0.5) is 0 Å². The Balaban J connectivity index is 0.000000360. The lowest BCUT2D eigenvalue weighted by Gasteiger charge is -1.61. The summed E-state index contributed by atoms with van der Waals surface area (Å²) in [6, 6.07) is 13.0. The summed E-state index contributed by atoms with van der Waals surface area (Å²) >= 11 is 0. The van der Waals surface area contributed by atoms with Gasteiger partial charge in [0.2, 0.25) is 0 Å². The van der Waals surface area contributed by atoms with E-state index in [0.29, 0.717) is 0 Å². The lowest BCUT2D eigenvalue weighted by atomic mass is 10.4. The van der Waals surface area contributed by atoms with Gasteiger partial charge >= 0.3 is 0 Å². The first-order valence-corrected chi connectivity index (χ1v) is 1.83. The third-order valence-electron chi connectivity index (χ3n) is 0.554. The lowest BCUT2D eigenvalue weighted by molar-refractivity contribution is 1.76. The van der Waals surface area contributed by atoms with E-state index in [4.69, 9.17) is 0 Å². The van der Waals surface area contributed by atoms with E-state index in [1.54, 1.807) is 0 Å². The van der Waals surface area contributed by atoms with Gasteiger partial charge in [-0.05, 0) is 12.1 Å². The van der Waals surface area contributed by atoms with Gasteiger partial charge in [0.1, 0.15) is 0 Å². The van der Waals surface area contributed by atoms with Crippen LogP contribution in [-0.4, -0.2) is 0 Å². The van der Waals surface area contributed by atoms with Crippen molar-refractivity contribution in [3.63, 3.8) is 0 Å². The Hall–Kier alpha value is -1.00. The maximum atomic E-state index is 2.77. The molecule has 1 aromatic rings. The summed E-state index contributed by atoms with van der Waals surface area (Å²) in [6.07, 6.45) is 0. The summed E-state index contributed by atoms with van der Waals surface area (Å²) < 4.78 is 0. The Morgan fingerprint density at radius 2 is 1.29 bits per heavy atom. The smallest absolute Gasteiger partial charge is 0.0115 e. The van der Waals surface area contributed by atoms with Crippen molar-refractivity contribution in [2.45, 2.75) is 0 Å². The van der Waals surface area contributed by atoms with Crippen LogP contribution in [0, 0.1) is 12.1 Å². The molecule has 0 unspecified atom stereocenters. The molecule has 1 heteroatoms. The molecule has 0 aliphatic carbocycles. The van der Waals surface area contributed by atoms with Crippen LogP contribution in [-0.2, 0) is 0 Å². The topological polar surface area (TPSA) is 35.0 Å². The first-order chi connectivity index (χ1) is 3.00. The van der Waals surface area contributed by atoms with Crippen LogP contribution in [0.3, 0.4) is 0 Å². The molecule has 0 heterocycles. The zero-order valence-corrected chi connectivity index (χ0v) is 4.02. The fourth-order valence-corrected chi connectivity index (χ4v) is 0.304. The van der Waals surface area contributed by atoms with Crippen LogP contribution >= 0.6 is 0 Å². The highest BCUT2D eigenvalue weighted by Crippen LogP contribution is 1.71. The van der Waals surface area contributed by atoms with Gasteiger partial charge in [0.15, 0.2) is 0 Å². The summed E-state index contributed by atoms with van der Waals surface area (Å²) in [6.45, 7) is 0. The quantitative estimate of drug-likeness (QED) is 0.517. The normalized spacial score (nSPS) is 5.71. The zero-order chi connectivity index (χ0) is 4.24. The van der Waals surface area contributed by atoms with E-state index in [2.05, 4.69) is 12.1 Å². The van der Waals surface area contributed by atoms with E-state index < -0.39 is 0 Å². The van der Waals surface area contributed by atoms with Crippen molar-refractivity contribution in [2.75, 3.05) is 0 Å². The molecule has 0 amide bonds. The second kappa shape index (κ2) is 3.20. The van der Waals surface area contributed by atoms with E-state index in [1.165, 1.54) is 0 Å². The van der Waals surface area contributed by atoms with Crippen molar-refractivity contribution in [1.29, 1.82) is 0 Å². The van der Waals surface area contributed by atoms with Crippen molar-refractivity contribution >= 4 is 0 Å². The van der Waals surface area contributed by atoms with Gasteiger partial charge in [0.25, 0.3) is 0 Å². The Kier molecular flexibility index (Phi) is 2.74. The molecule has 0 radical (unpaired) electrons. The Morgan fingerprint density at radius 3 is 1.43 bits per heavy atom. The van der Waals surface area contributed by atoms with Gasteiger partial charge in [0, 0.05) is 0 Å². The fraction of sp³-hybridized carbons (Fsp3) is 0. The molecule has 1 nitrogen and oxygen atoms in total. The van der Waals surface area contributed by atoms with Crippen LogP contribution in [0.15, 0.2) is 24.3 Å². The lowest BCUT2D eigenvalue weighted by Crippen LogP contribution is -1.43. The SMILES string of the molecule is N.c1ccccc#1. The van der Waals surface area contributed by atoms with Crippen molar-refractivity contribution < 1.29 is 0 Å². The minimum absolute atomic E-state index is 0. The summed E-state index contributed by atoms with van der Waals surface area (Å²) in [5.41, 5.74) is 0. The molecular weight excluding hydrogens is 86.1 g/mol. The van der Waals surface area contributed by atoms with Gasteiger partial charge in [-0.1, -0.05) is 24.3 Å². The van der Waals surface area contributed by atoms with E-state index in [9.17, 15) is 0 Å². The maximum Gasteiger partial charge on any atom is -0.0115 e. The molecule has 0 saturated heterocycles. The van der Waals surface area contributed by atoms with E-state index in [0.717, 1.165) is 0 Å². The molecule has 0 saturated carbocycles. The van der Waals surface area contributed by atoms with Crippen LogP contribution in [0.1, 0.15) is 0 Å². The highest BCUT2D eigenvalue weighted by Gasteiger charge is 1.53. The van der Waals surface area contributed by atoms with Gasteiger partial charge in [-0.2, -0.15) is 0 Å². The highest BCUT2D eigenvalue weighted by atomic mass is 14.0. The summed E-state index contributed by atoms with van der Waals surface area (Å²) in [4.78, 5) is 0. The van der Waals surface area contributed by atoms with E-state index in [-0.39, 0.29) is 6.15 Å². The third kappa shape index (κ3) is 1.80. The monoisotopic (exact) mass is 93.1 g/mol. The van der Waals surface area contributed by atoms with Crippen LogP contribution in [0.25, 0.3) is 0 Å². The van der Waals surface area contributed by atoms with Gasteiger partial charge < -0.3 is 6.15 Å². The van der Waals surface area contributed by atoms with Gasteiger partial charge in [-0.25, -0.2) is 0 Å². The average Bonchev–Trinajstić information content (AvgIpc) is 1.72. The largest absolute Gasteiger partial charge is 0.344 e. The molecule has 0 aliphatic rings. The van der Waals surface area contributed by atoms with Crippen LogP contribution in [0.5, 0.6) is 0 Å². The molecule has 0 aliphatic heterocycles. The average molecular weight is 93.1 g/mol. The predicted octanol–water partition coefficient (Wildman–Crippen LogP) is 1.45. The standard InChI is InChI=1S/C6H4.H3N/c1-2-4-6-5-3-1;/h1-4H;1H3. The molecular formula is C6H7N.